The van der Waals surface area contributed by atoms with E-state index in [0.29, 0.717) is 5.75 Å². The molecule has 0 bridgehead atoms. The molecule has 0 spiro atoms. The van der Waals surface area contributed by atoms with Gasteiger partial charge in [0.1, 0.15) is 5.75 Å². The molecular formula is C20H20N2O2. The first-order valence-corrected chi connectivity index (χ1v) is 7.86. The molecule has 0 aliphatic carbocycles. The zero-order chi connectivity index (χ0) is 17.1. The number of rotatable bonds is 4. The van der Waals surface area contributed by atoms with Gasteiger partial charge in [-0.15, -0.1) is 0 Å². The lowest BCUT2D eigenvalue weighted by Gasteiger charge is -2.18. The van der Waals surface area contributed by atoms with Gasteiger partial charge >= 0.3 is 0 Å². The molecule has 4 heteroatoms. The van der Waals surface area contributed by atoms with Crippen LogP contribution in [0.1, 0.15) is 6.92 Å². The van der Waals surface area contributed by atoms with E-state index in [-0.39, 0.29) is 5.91 Å². The second-order valence-corrected chi connectivity index (χ2v) is 5.95. The third kappa shape index (κ3) is 3.38. The minimum absolute atomic E-state index is 0.0527. The molecule has 1 unspecified atom stereocenters. The highest BCUT2D eigenvalue weighted by Gasteiger charge is 2.16. The third-order valence-corrected chi connectivity index (χ3v) is 3.93. The van der Waals surface area contributed by atoms with E-state index in [1.165, 1.54) is 4.90 Å². The Labute approximate surface area is 141 Å². The van der Waals surface area contributed by atoms with Crippen LogP contribution in [0.25, 0.3) is 21.9 Å². The van der Waals surface area contributed by atoms with E-state index >= 15 is 0 Å². The average Bonchev–Trinajstić information content (AvgIpc) is 2.61. The number of nitrogens with zero attached hydrogens (tertiary/aromatic N) is 2. The van der Waals surface area contributed by atoms with Gasteiger partial charge in [0.25, 0.3) is 5.91 Å². The van der Waals surface area contributed by atoms with Crippen molar-refractivity contribution < 1.29 is 9.53 Å². The summed E-state index contributed by atoms with van der Waals surface area (Å²) in [7, 11) is 3.45. The molecule has 0 N–H and O–H groups in total. The van der Waals surface area contributed by atoms with Crippen molar-refractivity contribution in [1.29, 1.82) is 0 Å². The van der Waals surface area contributed by atoms with E-state index < -0.39 is 6.10 Å². The molecule has 0 fully saturated rings. The van der Waals surface area contributed by atoms with Crippen LogP contribution in [0.15, 0.2) is 60.9 Å². The van der Waals surface area contributed by atoms with E-state index in [1.807, 2.05) is 30.3 Å². The van der Waals surface area contributed by atoms with Crippen molar-refractivity contribution in [2.75, 3.05) is 14.1 Å². The molecule has 1 heterocycles. The lowest BCUT2D eigenvalue weighted by molar-refractivity contribution is -0.135. The van der Waals surface area contributed by atoms with E-state index in [9.17, 15) is 4.79 Å². The van der Waals surface area contributed by atoms with Crippen molar-refractivity contribution in [2.24, 2.45) is 0 Å². The van der Waals surface area contributed by atoms with Gasteiger partial charge in [-0.25, -0.2) is 0 Å². The van der Waals surface area contributed by atoms with Crippen LogP contribution in [0.4, 0.5) is 0 Å². The maximum Gasteiger partial charge on any atom is 0.262 e. The molecule has 3 aromatic rings. The van der Waals surface area contributed by atoms with Crippen LogP contribution < -0.4 is 4.74 Å². The Morgan fingerprint density at radius 3 is 2.33 bits per heavy atom. The quantitative estimate of drug-likeness (QED) is 0.735. The molecule has 0 radical (unpaired) electrons. The van der Waals surface area contributed by atoms with Gasteiger partial charge in [0.2, 0.25) is 0 Å². The van der Waals surface area contributed by atoms with Crippen LogP contribution in [-0.4, -0.2) is 36.0 Å². The molecule has 122 valence electrons. The lowest BCUT2D eigenvalue weighted by atomic mass is 10.0. The van der Waals surface area contributed by atoms with Crippen molar-refractivity contribution in [2.45, 2.75) is 13.0 Å². The summed E-state index contributed by atoms with van der Waals surface area (Å²) in [4.78, 5) is 17.5. The summed E-state index contributed by atoms with van der Waals surface area (Å²) in [6, 6.07) is 16.2. The van der Waals surface area contributed by atoms with Crippen molar-refractivity contribution >= 4 is 16.7 Å². The molecule has 1 atom stereocenters. The Balaban J connectivity index is 1.86. The number of carbonyl (C=O) groups is 1. The SMILES string of the molecule is CC(Oc1ccc2cc(-c3ccncc3)ccc2c1)C(=O)N(C)C. The van der Waals surface area contributed by atoms with Gasteiger partial charge in [0.15, 0.2) is 6.10 Å². The average molecular weight is 320 g/mol. The topological polar surface area (TPSA) is 42.4 Å². The molecule has 3 rings (SSSR count). The monoisotopic (exact) mass is 320 g/mol. The van der Waals surface area contributed by atoms with Crippen molar-refractivity contribution in [3.63, 3.8) is 0 Å². The minimum atomic E-state index is -0.506. The normalized spacial score (nSPS) is 12.0. The van der Waals surface area contributed by atoms with E-state index in [1.54, 1.807) is 33.4 Å². The smallest absolute Gasteiger partial charge is 0.262 e. The third-order valence-electron chi connectivity index (χ3n) is 3.93. The van der Waals surface area contributed by atoms with Crippen molar-refractivity contribution in [1.82, 2.24) is 9.88 Å². The summed E-state index contributed by atoms with van der Waals surface area (Å²) in [5, 5.41) is 2.21. The Bertz CT molecular complexity index is 860. The van der Waals surface area contributed by atoms with Gasteiger partial charge in [-0.1, -0.05) is 18.2 Å². The van der Waals surface area contributed by atoms with Crippen LogP contribution >= 0.6 is 0 Å². The van der Waals surface area contributed by atoms with Gasteiger partial charge < -0.3 is 9.64 Å². The van der Waals surface area contributed by atoms with E-state index in [0.717, 1.165) is 21.9 Å². The molecule has 1 aromatic heterocycles. The van der Waals surface area contributed by atoms with Crippen LogP contribution in [0.5, 0.6) is 5.75 Å². The van der Waals surface area contributed by atoms with Crippen LogP contribution in [0.3, 0.4) is 0 Å². The summed E-state index contributed by atoms with van der Waals surface area (Å²) in [6.07, 6.45) is 3.08. The first-order valence-electron chi connectivity index (χ1n) is 7.86. The predicted molar refractivity (Wildman–Crippen MR) is 96.0 cm³/mol. The molecular weight excluding hydrogens is 300 g/mol. The number of carbonyl (C=O) groups excluding carboxylic acids is 1. The number of hydrogen-bond acceptors (Lipinski definition) is 3. The van der Waals surface area contributed by atoms with Crippen LogP contribution in [0.2, 0.25) is 0 Å². The number of hydrogen-bond donors (Lipinski definition) is 0. The number of likely N-dealkylation sites (N-methyl/N-ethyl adjacent to an activating group) is 1. The fourth-order valence-electron chi connectivity index (χ4n) is 2.64. The highest BCUT2D eigenvalue weighted by molar-refractivity contribution is 5.88. The Morgan fingerprint density at radius 1 is 0.958 bits per heavy atom. The second-order valence-electron chi connectivity index (χ2n) is 5.95. The minimum Gasteiger partial charge on any atom is -0.481 e. The molecule has 2 aromatic carbocycles. The Morgan fingerprint density at radius 2 is 1.62 bits per heavy atom. The zero-order valence-electron chi connectivity index (χ0n) is 14.1. The summed E-state index contributed by atoms with van der Waals surface area (Å²) < 4.78 is 5.76. The molecule has 24 heavy (non-hydrogen) atoms. The van der Waals surface area contributed by atoms with Crippen molar-refractivity contribution in [3.05, 3.63) is 60.9 Å². The number of ether oxygens (including phenoxy) is 1. The zero-order valence-corrected chi connectivity index (χ0v) is 14.1. The molecule has 4 nitrogen and oxygen atoms in total. The van der Waals surface area contributed by atoms with Gasteiger partial charge in [-0.3, -0.25) is 9.78 Å². The van der Waals surface area contributed by atoms with E-state index in [2.05, 4.69) is 23.2 Å². The molecule has 0 aliphatic heterocycles. The summed E-state index contributed by atoms with van der Waals surface area (Å²) in [5.41, 5.74) is 2.28. The van der Waals surface area contributed by atoms with E-state index in [4.69, 9.17) is 4.74 Å². The first-order chi connectivity index (χ1) is 11.5. The lowest BCUT2D eigenvalue weighted by Crippen LogP contribution is -2.35. The summed E-state index contributed by atoms with van der Waals surface area (Å²) in [6.45, 7) is 1.76. The highest BCUT2D eigenvalue weighted by atomic mass is 16.5. The van der Waals surface area contributed by atoms with Crippen LogP contribution in [-0.2, 0) is 4.79 Å². The largest absolute Gasteiger partial charge is 0.481 e. The van der Waals surface area contributed by atoms with Crippen molar-refractivity contribution in [3.8, 4) is 16.9 Å². The summed E-state index contributed by atoms with van der Waals surface area (Å²) in [5.74, 6) is 0.644. The fraction of sp³-hybridized carbons (Fsp3) is 0.200. The number of fused-ring (bicyclic) bond motifs is 1. The van der Waals surface area contributed by atoms with Gasteiger partial charge in [0.05, 0.1) is 0 Å². The van der Waals surface area contributed by atoms with Gasteiger partial charge in [0, 0.05) is 26.5 Å². The van der Waals surface area contributed by atoms with Gasteiger partial charge in [-0.2, -0.15) is 0 Å². The fourth-order valence-corrected chi connectivity index (χ4v) is 2.64. The molecule has 0 saturated carbocycles. The molecule has 0 saturated heterocycles. The number of aromatic nitrogens is 1. The number of amides is 1. The predicted octanol–water partition coefficient (Wildman–Crippen LogP) is 3.76. The van der Waals surface area contributed by atoms with Crippen LogP contribution in [0, 0.1) is 0 Å². The maximum atomic E-state index is 11.9. The molecule has 0 aliphatic rings. The first kappa shape index (κ1) is 16.0. The Kier molecular flexibility index (Phi) is 4.47. The number of benzene rings is 2. The second kappa shape index (κ2) is 6.71. The Hall–Kier alpha value is -2.88. The standard InChI is InChI=1S/C20H20N2O2/c1-14(20(23)22(2)3)24-19-7-6-17-12-16(4-5-18(17)13-19)15-8-10-21-11-9-15/h4-14H,1-3H3. The number of pyridine rings is 1. The summed E-state index contributed by atoms with van der Waals surface area (Å²) >= 11 is 0. The highest BCUT2D eigenvalue weighted by Crippen LogP contribution is 2.27. The van der Waals surface area contributed by atoms with Gasteiger partial charge in [-0.05, 0) is 59.2 Å². The maximum absolute atomic E-state index is 11.9. The molecule has 1 amide bonds.